The molecule has 0 unspecified atom stereocenters. The highest BCUT2D eigenvalue weighted by Gasteiger charge is 2.25. The number of piperidine rings is 1. The first kappa shape index (κ1) is 22.9. The highest BCUT2D eigenvalue weighted by molar-refractivity contribution is 5.78. The van der Waals surface area contributed by atoms with Gasteiger partial charge in [-0.25, -0.2) is 4.98 Å². The van der Waals surface area contributed by atoms with Crippen molar-refractivity contribution in [3.8, 4) is 11.5 Å². The van der Waals surface area contributed by atoms with Gasteiger partial charge in [-0.1, -0.05) is 36.4 Å². The Labute approximate surface area is 195 Å². The van der Waals surface area contributed by atoms with Crippen LogP contribution in [0.2, 0.25) is 0 Å². The third kappa shape index (κ3) is 6.14. The van der Waals surface area contributed by atoms with Crippen LogP contribution in [0.5, 0.6) is 11.5 Å². The molecule has 0 radical (unpaired) electrons. The van der Waals surface area contributed by atoms with Gasteiger partial charge in [0.05, 0.1) is 13.7 Å². The normalized spacial score (nSPS) is 14.7. The summed E-state index contributed by atoms with van der Waals surface area (Å²) < 4.78 is 13.5. The number of amides is 1. The number of benzene rings is 2. The summed E-state index contributed by atoms with van der Waals surface area (Å²) in [6.45, 7) is 3.60. The smallest absolute Gasteiger partial charge is 0.223 e. The van der Waals surface area contributed by atoms with E-state index in [9.17, 15) is 4.79 Å². The molecule has 2 aromatic carbocycles. The SMILES string of the molecule is COc1cc(CNC(=O)C2CCN(Cc3nccn3C)CC2)ccc1OCc1ccccc1. The number of aromatic nitrogens is 2. The lowest BCUT2D eigenvalue weighted by molar-refractivity contribution is -0.126. The van der Waals surface area contributed by atoms with E-state index in [-0.39, 0.29) is 11.8 Å². The maximum Gasteiger partial charge on any atom is 0.223 e. The monoisotopic (exact) mass is 448 g/mol. The van der Waals surface area contributed by atoms with E-state index in [2.05, 4.69) is 15.2 Å². The van der Waals surface area contributed by atoms with Crippen LogP contribution in [0.3, 0.4) is 0 Å². The molecule has 7 nitrogen and oxygen atoms in total. The first-order valence-corrected chi connectivity index (χ1v) is 11.4. The molecular formula is C26H32N4O3. The third-order valence-electron chi connectivity index (χ3n) is 6.18. The molecule has 0 aliphatic carbocycles. The predicted molar refractivity (Wildman–Crippen MR) is 127 cm³/mol. The number of methoxy groups -OCH3 is 1. The van der Waals surface area contributed by atoms with Crippen LogP contribution in [0.25, 0.3) is 0 Å². The van der Waals surface area contributed by atoms with E-state index in [1.54, 1.807) is 7.11 Å². The lowest BCUT2D eigenvalue weighted by atomic mass is 9.96. The van der Waals surface area contributed by atoms with Crippen molar-refractivity contribution in [3.05, 3.63) is 77.9 Å². The van der Waals surface area contributed by atoms with Gasteiger partial charge in [-0.2, -0.15) is 0 Å². The minimum Gasteiger partial charge on any atom is -0.493 e. The number of carbonyl (C=O) groups is 1. The van der Waals surface area contributed by atoms with Crippen LogP contribution in [0.15, 0.2) is 60.9 Å². The maximum atomic E-state index is 12.7. The van der Waals surface area contributed by atoms with Crippen molar-refractivity contribution < 1.29 is 14.3 Å². The molecule has 0 spiro atoms. The third-order valence-corrected chi connectivity index (χ3v) is 6.18. The zero-order chi connectivity index (χ0) is 23.0. The number of aryl methyl sites for hydroxylation is 1. The summed E-state index contributed by atoms with van der Waals surface area (Å²) in [6, 6.07) is 15.8. The molecule has 2 heterocycles. The summed E-state index contributed by atoms with van der Waals surface area (Å²) in [5.41, 5.74) is 2.08. The summed E-state index contributed by atoms with van der Waals surface area (Å²) in [5, 5.41) is 3.10. The lowest BCUT2D eigenvalue weighted by Crippen LogP contribution is -2.40. The van der Waals surface area contributed by atoms with Gasteiger partial charge in [0.15, 0.2) is 11.5 Å². The zero-order valence-corrected chi connectivity index (χ0v) is 19.4. The number of imidazole rings is 1. The average Bonchev–Trinajstić information content (AvgIpc) is 3.26. The summed E-state index contributed by atoms with van der Waals surface area (Å²) in [6.07, 6.45) is 5.52. The molecule has 174 valence electrons. The topological polar surface area (TPSA) is 68.6 Å². The molecule has 1 fully saturated rings. The van der Waals surface area contributed by atoms with Crippen molar-refractivity contribution in [2.45, 2.75) is 32.5 Å². The number of hydrogen-bond donors (Lipinski definition) is 1. The quantitative estimate of drug-likeness (QED) is 0.542. The standard InChI is InChI=1S/C26H32N4O3/c1-29-15-12-27-25(29)18-30-13-10-22(11-14-30)26(31)28-17-21-8-9-23(24(16-21)32-2)33-19-20-6-4-3-5-7-20/h3-9,12,15-16,22H,10-11,13-14,17-19H2,1-2H3,(H,28,31). The maximum absolute atomic E-state index is 12.7. The molecule has 7 heteroatoms. The van der Waals surface area contributed by atoms with Gasteiger partial charge < -0.3 is 19.4 Å². The fraction of sp³-hybridized carbons (Fsp3) is 0.385. The van der Waals surface area contributed by atoms with Gasteiger partial charge in [-0.3, -0.25) is 9.69 Å². The van der Waals surface area contributed by atoms with Gasteiger partial charge in [-0.15, -0.1) is 0 Å². The highest BCUT2D eigenvalue weighted by atomic mass is 16.5. The Bertz CT molecular complexity index is 1040. The van der Waals surface area contributed by atoms with Crippen LogP contribution >= 0.6 is 0 Å². The van der Waals surface area contributed by atoms with E-state index in [1.165, 1.54) is 0 Å². The molecule has 4 rings (SSSR count). The zero-order valence-electron chi connectivity index (χ0n) is 19.4. The minimum atomic E-state index is 0.0537. The summed E-state index contributed by atoms with van der Waals surface area (Å²) in [7, 11) is 3.64. The van der Waals surface area contributed by atoms with Gasteiger partial charge in [0.1, 0.15) is 12.4 Å². The summed E-state index contributed by atoms with van der Waals surface area (Å²) in [5.74, 6) is 2.59. The fourth-order valence-corrected chi connectivity index (χ4v) is 4.11. The van der Waals surface area contributed by atoms with Crippen LogP contribution in [-0.4, -0.2) is 40.6 Å². The van der Waals surface area contributed by atoms with Crippen molar-refractivity contribution in [3.63, 3.8) is 0 Å². The van der Waals surface area contributed by atoms with Crippen LogP contribution < -0.4 is 14.8 Å². The Morgan fingerprint density at radius 3 is 2.58 bits per heavy atom. The molecule has 1 saturated heterocycles. The van der Waals surface area contributed by atoms with Crippen molar-refractivity contribution in [1.82, 2.24) is 19.8 Å². The molecule has 0 bridgehead atoms. The second kappa shape index (κ2) is 11.0. The van der Waals surface area contributed by atoms with Gasteiger partial charge in [0, 0.05) is 31.9 Å². The van der Waals surface area contributed by atoms with Gasteiger partial charge in [-0.05, 0) is 49.2 Å². The molecule has 33 heavy (non-hydrogen) atoms. The number of likely N-dealkylation sites (tertiary alicyclic amines) is 1. The van der Waals surface area contributed by atoms with Crippen LogP contribution in [-0.2, 0) is 31.5 Å². The Balaban J connectivity index is 1.24. The molecule has 0 saturated carbocycles. The largest absolute Gasteiger partial charge is 0.493 e. The average molecular weight is 449 g/mol. The van der Waals surface area contributed by atoms with Crippen molar-refractivity contribution >= 4 is 5.91 Å². The number of ether oxygens (including phenoxy) is 2. The van der Waals surface area contributed by atoms with Crippen LogP contribution in [0.4, 0.5) is 0 Å². The number of nitrogens with one attached hydrogen (secondary N) is 1. The van der Waals surface area contributed by atoms with Crippen molar-refractivity contribution in [2.75, 3.05) is 20.2 Å². The van der Waals surface area contributed by atoms with E-state index < -0.39 is 0 Å². The second-order valence-corrected chi connectivity index (χ2v) is 8.48. The number of carbonyl (C=O) groups excluding carboxylic acids is 1. The Kier molecular flexibility index (Phi) is 7.62. The molecule has 1 aromatic heterocycles. The minimum absolute atomic E-state index is 0.0537. The van der Waals surface area contributed by atoms with E-state index in [4.69, 9.17) is 9.47 Å². The van der Waals surface area contributed by atoms with E-state index in [0.717, 1.165) is 49.4 Å². The fourth-order valence-electron chi connectivity index (χ4n) is 4.11. The Morgan fingerprint density at radius 1 is 1.09 bits per heavy atom. The van der Waals surface area contributed by atoms with Crippen molar-refractivity contribution in [1.29, 1.82) is 0 Å². The van der Waals surface area contributed by atoms with Crippen LogP contribution in [0.1, 0.15) is 29.8 Å². The van der Waals surface area contributed by atoms with Gasteiger partial charge >= 0.3 is 0 Å². The Morgan fingerprint density at radius 2 is 1.88 bits per heavy atom. The van der Waals surface area contributed by atoms with Crippen LogP contribution in [0, 0.1) is 5.92 Å². The van der Waals surface area contributed by atoms with Gasteiger partial charge in [0.25, 0.3) is 0 Å². The van der Waals surface area contributed by atoms with Gasteiger partial charge in [0.2, 0.25) is 5.91 Å². The molecule has 1 aliphatic heterocycles. The van der Waals surface area contributed by atoms with E-state index >= 15 is 0 Å². The number of rotatable bonds is 9. The molecule has 0 atom stereocenters. The Hall–Kier alpha value is -3.32. The molecular weight excluding hydrogens is 416 g/mol. The highest BCUT2D eigenvalue weighted by Crippen LogP contribution is 2.29. The van der Waals surface area contributed by atoms with Crippen molar-refractivity contribution in [2.24, 2.45) is 13.0 Å². The molecule has 3 aromatic rings. The predicted octanol–water partition coefficient (Wildman–Crippen LogP) is 3.54. The van der Waals surface area contributed by atoms with E-state index in [0.29, 0.717) is 24.7 Å². The number of nitrogens with zero attached hydrogens (tertiary/aromatic N) is 3. The molecule has 1 amide bonds. The first-order chi connectivity index (χ1) is 16.1. The molecule has 1 aliphatic rings. The van der Waals surface area contributed by atoms with E-state index in [1.807, 2.05) is 72.5 Å². The summed E-state index contributed by atoms with van der Waals surface area (Å²) in [4.78, 5) is 19.5. The second-order valence-electron chi connectivity index (χ2n) is 8.48. The summed E-state index contributed by atoms with van der Waals surface area (Å²) >= 11 is 0. The molecule has 1 N–H and O–H groups in total. The lowest BCUT2D eigenvalue weighted by Gasteiger charge is -2.31. The number of hydrogen-bond acceptors (Lipinski definition) is 5. The first-order valence-electron chi connectivity index (χ1n) is 11.4.